The fraction of sp³-hybridized carbons (Fsp3) is 0.227. The van der Waals surface area contributed by atoms with Crippen molar-refractivity contribution in [3.8, 4) is 0 Å². The van der Waals surface area contributed by atoms with Crippen molar-refractivity contribution in [2.75, 3.05) is 25.0 Å². The predicted octanol–water partition coefficient (Wildman–Crippen LogP) is 2.90. The highest BCUT2D eigenvalue weighted by Crippen LogP contribution is 2.21. The molecule has 1 aromatic heterocycles. The largest absolute Gasteiger partial charge is 0.353 e. The van der Waals surface area contributed by atoms with Crippen LogP contribution in [0.5, 0.6) is 0 Å². The Morgan fingerprint density at radius 1 is 1.13 bits per heavy atom. The molecule has 154 valence electrons. The van der Waals surface area contributed by atoms with Crippen LogP contribution in [0.1, 0.15) is 16.8 Å². The summed E-state index contributed by atoms with van der Waals surface area (Å²) in [6, 6.07) is 14.4. The van der Waals surface area contributed by atoms with E-state index in [1.165, 1.54) is 4.90 Å². The topological polar surface area (TPSA) is 83.4 Å². The molecule has 3 amide bonds. The van der Waals surface area contributed by atoms with Crippen LogP contribution in [-0.4, -0.2) is 46.8 Å². The quantitative estimate of drug-likeness (QED) is 0.660. The normalized spacial score (nSPS) is 13.9. The zero-order valence-corrected chi connectivity index (χ0v) is 17.0. The number of aryl methyl sites for hydroxylation is 1. The molecule has 0 saturated carbocycles. The first-order chi connectivity index (χ1) is 14.5. The van der Waals surface area contributed by atoms with Gasteiger partial charge in [-0.15, -0.1) is 0 Å². The number of aromatic nitrogens is 1. The van der Waals surface area contributed by atoms with Crippen LogP contribution < -0.4 is 10.6 Å². The van der Waals surface area contributed by atoms with Gasteiger partial charge in [-0.1, -0.05) is 23.7 Å². The number of halogens is 1. The summed E-state index contributed by atoms with van der Waals surface area (Å²) in [6.07, 6.45) is 2.21. The van der Waals surface area contributed by atoms with Crippen molar-refractivity contribution in [1.29, 1.82) is 0 Å². The number of amides is 3. The van der Waals surface area contributed by atoms with E-state index in [4.69, 9.17) is 11.6 Å². The first kappa shape index (κ1) is 20.0. The van der Waals surface area contributed by atoms with Crippen molar-refractivity contribution >= 4 is 45.9 Å². The summed E-state index contributed by atoms with van der Waals surface area (Å²) in [5, 5.41) is 7.26. The van der Waals surface area contributed by atoms with Crippen LogP contribution in [0.3, 0.4) is 0 Å². The Morgan fingerprint density at radius 3 is 2.83 bits per heavy atom. The number of rotatable bonds is 5. The van der Waals surface area contributed by atoms with Gasteiger partial charge in [0.15, 0.2) is 0 Å². The summed E-state index contributed by atoms with van der Waals surface area (Å²) in [7, 11) is 0. The van der Waals surface area contributed by atoms with Gasteiger partial charge in [-0.25, -0.2) is 0 Å². The van der Waals surface area contributed by atoms with Gasteiger partial charge in [-0.05, 0) is 41.8 Å². The third kappa shape index (κ3) is 4.46. The van der Waals surface area contributed by atoms with Crippen LogP contribution >= 0.6 is 11.6 Å². The lowest BCUT2D eigenvalue weighted by atomic mass is 10.1. The number of nitrogens with zero attached hydrogens (tertiary/aromatic N) is 2. The Bertz CT molecular complexity index is 1120. The number of hydrogen-bond acceptors (Lipinski definition) is 3. The highest BCUT2D eigenvalue weighted by molar-refractivity contribution is 6.31. The molecule has 2 N–H and O–H groups in total. The summed E-state index contributed by atoms with van der Waals surface area (Å²) in [6.45, 7) is 1.47. The first-order valence-corrected chi connectivity index (χ1v) is 10.1. The molecule has 0 bridgehead atoms. The maximum Gasteiger partial charge on any atom is 0.254 e. The molecule has 0 radical (unpaired) electrons. The second-order valence-electron chi connectivity index (χ2n) is 7.17. The van der Waals surface area contributed by atoms with Gasteiger partial charge in [0, 0.05) is 54.0 Å². The van der Waals surface area contributed by atoms with Crippen molar-refractivity contribution in [1.82, 2.24) is 14.8 Å². The standard InChI is InChI=1S/C22H21ClN4O3/c23-17-5-4-15-6-9-26(19(15)13-17)10-7-20(28)25-18-3-1-2-16(12-18)22(30)27-11-8-24-21(29)14-27/h1-6,9,12-13H,7-8,10-11,14H2,(H,24,29)(H,25,28). The van der Waals surface area contributed by atoms with Crippen molar-refractivity contribution < 1.29 is 14.4 Å². The fourth-order valence-electron chi connectivity index (χ4n) is 3.52. The number of benzene rings is 2. The van der Waals surface area contributed by atoms with Gasteiger partial charge in [0.05, 0.1) is 6.54 Å². The molecule has 3 aromatic rings. The number of carbonyl (C=O) groups excluding carboxylic acids is 3. The van der Waals surface area contributed by atoms with Gasteiger partial charge in [0.2, 0.25) is 11.8 Å². The molecule has 4 rings (SSSR count). The molecule has 0 unspecified atom stereocenters. The minimum absolute atomic E-state index is 0.0459. The van der Waals surface area contributed by atoms with E-state index in [2.05, 4.69) is 10.6 Å². The molecule has 1 fully saturated rings. The zero-order chi connectivity index (χ0) is 21.1. The van der Waals surface area contributed by atoms with Crippen molar-refractivity contribution in [3.63, 3.8) is 0 Å². The maximum absolute atomic E-state index is 12.6. The second-order valence-corrected chi connectivity index (χ2v) is 7.60. The van der Waals surface area contributed by atoms with Crippen LogP contribution in [-0.2, 0) is 16.1 Å². The maximum atomic E-state index is 12.6. The molecule has 0 aliphatic carbocycles. The molecule has 0 atom stereocenters. The minimum atomic E-state index is -0.225. The summed E-state index contributed by atoms with van der Waals surface area (Å²) in [5.41, 5.74) is 1.97. The molecule has 2 heterocycles. The molecule has 1 saturated heterocycles. The number of hydrogen-bond donors (Lipinski definition) is 2. The summed E-state index contributed by atoms with van der Waals surface area (Å²) in [5.74, 6) is -0.546. The third-order valence-corrected chi connectivity index (χ3v) is 5.27. The SMILES string of the molecule is O=C1CN(C(=O)c2cccc(NC(=O)CCn3ccc4ccc(Cl)cc43)c2)CCN1. The van der Waals surface area contributed by atoms with E-state index in [1.54, 1.807) is 24.3 Å². The van der Waals surface area contributed by atoms with Crippen molar-refractivity contribution in [2.45, 2.75) is 13.0 Å². The Morgan fingerprint density at radius 2 is 2.00 bits per heavy atom. The van der Waals surface area contributed by atoms with E-state index in [9.17, 15) is 14.4 Å². The fourth-order valence-corrected chi connectivity index (χ4v) is 3.69. The van der Waals surface area contributed by atoms with Gasteiger partial charge in [0.25, 0.3) is 5.91 Å². The number of nitrogens with one attached hydrogen (secondary N) is 2. The Labute approximate surface area is 178 Å². The van der Waals surface area contributed by atoms with Crippen LogP contribution in [0.4, 0.5) is 5.69 Å². The monoisotopic (exact) mass is 424 g/mol. The van der Waals surface area contributed by atoms with Crippen molar-refractivity contribution in [2.24, 2.45) is 0 Å². The van der Waals surface area contributed by atoms with Crippen LogP contribution in [0.15, 0.2) is 54.7 Å². The second kappa shape index (κ2) is 8.59. The van der Waals surface area contributed by atoms with Gasteiger partial charge in [-0.3, -0.25) is 14.4 Å². The first-order valence-electron chi connectivity index (χ1n) is 9.70. The number of anilines is 1. The number of piperazine rings is 1. The van der Waals surface area contributed by atoms with Gasteiger partial charge in [0.1, 0.15) is 0 Å². The molecule has 1 aliphatic heterocycles. The highest BCUT2D eigenvalue weighted by Gasteiger charge is 2.22. The highest BCUT2D eigenvalue weighted by atomic mass is 35.5. The molecular formula is C22H21ClN4O3. The third-order valence-electron chi connectivity index (χ3n) is 5.03. The van der Waals surface area contributed by atoms with E-state index in [-0.39, 0.29) is 30.7 Å². The van der Waals surface area contributed by atoms with E-state index >= 15 is 0 Å². The van der Waals surface area contributed by atoms with Crippen LogP contribution in [0.25, 0.3) is 10.9 Å². The smallest absolute Gasteiger partial charge is 0.254 e. The molecule has 1 aliphatic rings. The van der Waals surface area contributed by atoms with Gasteiger partial charge in [-0.2, -0.15) is 0 Å². The molecule has 30 heavy (non-hydrogen) atoms. The summed E-state index contributed by atoms with van der Waals surface area (Å²) in [4.78, 5) is 38.1. The Balaban J connectivity index is 1.38. The lowest BCUT2D eigenvalue weighted by Gasteiger charge is -2.26. The lowest BCUT2D eigenvalue weighted by Crippen LogP contribution is -2.49. The minimum Gasteiger partial charge on any atom is -0.353 e. The lowest BCUT2D eigenvalue weighted by molar-refractivity contribution is -0.123. The zero-order valence-electron chi connectivity index (χ0n) is 16.2. The average Bonchev–Trinajstić information content (AvgIpc) is 3.14. The van der Waals surface area contributed by atoms with E-state index in [0.717, 1.165) is 10.9 Å². The van der Waals surface area contributed by atoms with Crippen LogP contribution in [0, 0.1) is 0 Å². The van der Waals surface area contributed by atoms with E-state index in [0.29, 0.717) is 35.9 Å². The number of carbonyl (C=O) groups is 3. The Hall–Kier alpha value is -3.32. The van der Waals surface area contributed by atoms with E-state index in [1.807, 2.05) is 35.0 Å². The average molecular weight is 425 g/mol. The van der Waals surface area contributed by atoms with Gasteiger partial charge < -0.3 is 20.1 Å². The summed E-state index contributed by atoms with van der Waals surface area (Å²) < 4.78 is 1.99. The molecule has 0 spiro atoms. The number of fused-ring (bicyclic) bond motifs is 1. The van der Waals surface area contributed by atoms with E-state index < -0.39 is 0 Å². The van der Waals surface area contributed by atoms with Crippen LogP contribution in [0.2, 0.25) is 5.02 Å². The van der Waals surface area contributed by atoms with Crippen molar-refractivity contribution in [3.05, 3.63) is 65.3 Å². The Kier molecular flexibility index (Phi) is 5.72. The summed E-state index contributed by atoms with van der Waals surface area (Å²) >= 11 is 6.08. The molecule has 8 heteroatoms. The molecular weight excluding hydrogens is 404 g/mol. The molecule has 2 aromatic carbocycles. The predicted molar refractivity (Wildman–Crippen MR) is 116 cm³/mol. The van der Waals surface area contributed by atoms with Gasteiger partial charge >= 0.3 is 0 Å². The molecule has 7 nitrogen and oxygen atoms in total.